The number of rotatable bonds is 55. The van der Waals surface area contributed by atoms with Crippen molar-refractivity contribution in [1.29, 1.82) is 0 Å². The van der Waals surface area contributed by atoms with Crippen molar-refractivity contribution in [2.45, 2.75) is 348 Å². The van der Waals surface area contributed by atoms with E-state index in [1.165, 1.54) is 244 Å². The van der Waals surface area contributed by atoms with Crippen LogP contribution in [0.2, 0.25) is 0 Å². The van der Waals surface area contributed by atoms with Gasteiger partial charge in [-0.05, 0) is 19.3 Å². The number of carbonyl (C=O) groups is 3. The van der Waals surface area contributed by atoms with Crippen LogP contribution in [0, 0.1) is 0 Å². The lowest BCUT2D eigenvalue weighted by molar-refractivity contribution is -0.167. The lowest BCUT2D eigenvalue weighted by Gasteiger charge is -2.18. The largest absolute Gasteiger partial charge is 0.462 e. The third-order valence-corrected chi connectivity index (χ3v) is 13.6. The van der Waals surface area contributed by atoms with Crippen molar-refractivity contribution < 1.29 is 28.6 Å². The van der Waals surface area contributed by atoms with E-state index in [0.717, 1.165) is 57.8 Å². The average Bonchev–Trinajstić information content (AvgIpc) is 3.30. The molecular formula is C59H114O6. The molecule has 6 nitrogen and oxygen atoms in total. The van der Waals surface area contributed by atoms with Gasteiger partial charge in [0, 0.05) is 19.3 Å². The zero-order valence-corrected chi connectivity index (χ0v) is 44.3. The Labute approximate surface area is 406 Å². The minimum atomic E-state index is -0.760. The highest BCUT2D eigenvalue weighted by molar-refractivity contribution is 5.71. The normalized spacial score (nSPS) is 11.9. The highest BCUT2D eigenvalue weighted by Gasteiger charge is 2.19. The first kappa shape index (κ1) is 63.4. The van der Waals surface area contributed by atoms with Crippen LogP contribution in [-0.2, 0) is 28.6 Å². The molecule has 1 atom stereocenters. The van der Waals surface area contributed by atoms with E-state index in [-0.39, 0.29) is 31.1 Å². The van der Waals surface area contributed by atoms with Crippen LogP contribution in [0.3, 0.4) is 0 Å². The van der Waals surface area contributed by atoms with Crippen molar-refractivity contribution in [2.24, 2.45) is 0 Å². The van der Waals surface area contributed by atoms with Crippen LogP contribution in [0.1, 0.15) is 342 Å². The molecule has 0 fully saturated rings. The summed E-state index contributed by atoms with van der Waals surface area (Å²) in [5.74, 6) is -0.833. The SMILES string of the molecule is CCCCCCCCCCCCCCCCCCCCCC(=O)O[C@H](COC(=O)CCCCCCCCCCCC)COC(=O)CCCCCCCCCCCCCCCCCCCC. The van der Waals surface area contributed by atoms with Crippen LogP contribution in [0.15, 0.2) is 0 Å². The molecule has 6 heteroatoms. The minimum absolute atomic E-state index is 0.0612. The standard InChI is InChI=1S/C59H114O6/c1-4-7-10-13-16-19-22-24-26-28-30-32-34-36-38-41-44-47-50-53-59(62)65-56(54-63-57(60)51-48-45-42-39-21-18-15-12-9-6-3)55-64-58(61)52-49-46-43-40-37-35-33-31-29-27-25-23-20-17-14-11-8-5-2/h56H,4-55H2,1-3H3/t56-/m1/s1. The number of esters is 3. The predicted octanol–water partition coefficient (Wildman–Crippen LogP) is 19.5. The first-order valence-electron chi connectivity index (χ1n) is 29.5. The minimum Gasteiger partial charge on any atom is -0.462 e. The summed E-state index contributed by atoms with van der Waals surface area (Å²) in [5.41, 5.74) is 0. The molecule has 0 saturated heterocycles. The second-order valence-electron chi connectivity index (χ2n) is 20.3. The van der Waals surface area contributed by atoms with Gasteiger partial charge in [-0.25, -0.2) is 0 Å². The van der Waals surface area contributed by atoms with E-state index in [2.05, 4.69) is 20.8 Å². The number of carbonyl (C=O) groups excluding carboxylic acids is 3. The van der Waals surface area contributed by atoms with Crippen molar-refractivity contribution in [1.82, 2.24) is 0 Å². The highest BCUT2D eigenvalue weighted by atomic mass is 16.6. The van der Waals surface area contributed by atoms with E-state index in [4.69, 9.17) is 14.2 Å². The second kappa shape index (κ2) is 55.0. The quantitative estimate of drug-likeness (QED) is 0.0344. The fraction of sp³-hybridized carbons (Fsp3) is 0.949. The van der Waals surface area contributed by atoms with Gasteiger partial charge < -0.3 is 14.2 Å². The first-order chi connectivity index (χ1) is 32.0. The molecule has 0 aromatic carbocycles. The molecule has 0 aromatic heterocycles. The van der Waals surface area contributed by atoms with Crippen molar-refractivity contribution in [3.63, 3.8) is 0 Å². The average molecular weight is 920 g/mol. The summed E-state index contributed by atoms with van der Waals surface area (Å²) in [6.45, 7) is 6.70. The Morgan fingerprint density at radius 1 is 0.246 bits per heavy atom. The fourth-order valence-corrected chi connectivity index (χ4v) is 9.15. The van der Waals surface area contributed by atoms with E-state index in [1.54, 1.807) is 0 Å². The topological polar surface area (TPSA) is 78.9 Å². The van der Waals surface area contributed by atoms with Gasteiger partial charge in [-0.15, -0.1) is 0 Å². The first-order valence-corrected chi connectivity index (χ1v) is 29.5. The molecule has 0 N–H and O–H groups in total. The van der Waals surface area contributed by atoms with Gasteiger partial charge in [-0.3, -0.25) is 14.4 Å². The molecule has 0 heterocycles. The fourth-order valence-electron chi connectivity index (χ4n) is 9.15. The monoisotopic (exact) mass is 919 g/mol. The molecule has 65 heavy (non-hydrogen) atoms. The van der Waals surface area contributed by atoms with Crippen molar-refractivity contribution in [2.75, 3.05) is 13.2 Å². The Kier molecular flexibility index (Phi) is 53.7. The molecule has 0 aromatic rings. The van der Waals surface area contributed by atoms with Gasteiger partial charge in [0.15, 0.2) is 6.10 Å². The zero-order chi connectivity index (χ0) is 47.2. The Morgan fingerprint density at radius 2 is 0.415 bits per heavy atom. The van der Waals surface area contributed by atoms with E-state index in [9.17, 15) is 14.4 Å². The molecule has 0 unspecified atom stereocenters. The lowest BCUT2D eigenvalue weighted by Crippen LogP contribution is -2.30. The number of ether oxygens (including phenoxy) is 3. The Bertz CT molecular complexity index is 967. The molecule has 0 aliphatic carbocycles. The summed E-state index contributed by atoms with van der Waals surface area (Å²) in [6.07, 6.45) is 61.0. The van der Waals surface area contributed by atoms with Gasteiger partial charge >= 0.3 is 17.9 Å². The summed E-state index contributed by atoms with van der Waals surface area (Å²) in [5, 5.41) is 0. The molecule has 386 valence electrons. The summed E-state index contributed by atoms with van der Waals surface area (Å²) in [4.78, 5) is 38.1. The van der Waals surface area contributed by atoms with Crippen LogP contribution in [0.25, 0.3) is 0 Å². The third-order valence-electron chi connectivity index (χ3n) is 13.6. The maximum atomic E-state index is 12.8. The van der Waals surface area contributed by atoms with E-state index < -0.39 is 6.10 Å². The Balaban J connectivity index is 4.22. The molecule has 0 saturated carbocycles. The number of unbranched alkanes of at least 4 members (excludes halogenated alkanes) is 44. The summed E-state index contributed by atoms with van der Waals surface area (Å²) in [6, 6.07) is 0. The van der Waals surface area contributed by atoms with Crippen LogP contribution in [0.4, 0.5) is 0 Å². The molecule has 0 rings (SSSR count). The van der Waals surface area contributed by atoms with E-state index in [0.29, 0.717) is 19.3 Å². The lowest BCUT2D eigenvalue weighted by atomic mass is 10.0. The van der Waals surface area contributed by atoms with Gasteiger partial charge in [0.05, 0.1) is 0 Å². The zero-order valence-electron chi connectivity index (χ0n) is 44.3. The van der Waals surface area contributed by atoms with Gasteiger partial charge in [0.1, 0.15) is 13.2 Å². The van der Waals surface area contributed by atoms with Gasteiger partial charge in [0.25, 0.3) is 0 Å². The van der Waals surface area contributed by atoms with Crippen molar-refractivity contribution in [3.05, 3.63) is 0 Å². The van der Waals surface area contributed by atoms with Crippen LogP contribution in [0.5, 0.6) is 0 Å². The van der Waals surface area contributed by atoms with Crippen LogP contribution in [-0.4, -0.2) is 37.2 Å². The van der Waals surface area contributed by atoms with Gasteiger partial charge in [-0.1, -0.05) is 303 Å². The third kappa shape index (κ3) is 53.2. The molecule has 0 spiro atoms. The van der Waals surface area contributed by atoms with Crippen LogP contribution < -0.4 is 0 Å². The molecule has 0 bridgehead atoms. The van der Waals surface area contributed by atoms with E-state index in [1.807, 2.05) is 0 Å². The summed E-state index contributed by atoms with van der Waals surface area (Å²) < 4.78 is 16.9. The summed E-state index contributed by atoms with van der Waals surface area (Å²) in [7, 11) is 0. The van der Waals surface area contributed by atoms with Crippen LogP contribution >= 0.6 is 0 Å². The van der Waals surface area contributed by atoms with Gasteiger partial charge in [-0.2, -0.15) is 0 Å². The van der Waals surface area contributed by atoms with Crippen molar-refractivity contribution in [3.8, 4) is 0 Å². The second-order valence-corrected chi connectivity index (χ2v) is 20.3. The molecular weight excluding hydrogens is 805 g/mol. The number of hydrogen-bond acceptors (Lipinski definition) is 6. The highest BCUT2D eigenvalue weighted by Crippen LogP contribution is 2.18. The number of hydrogen-bond donors (Lipinski definition) is 0. The maximum Gasteiger partial charge on any atom is 0.306 e. The smallest absolute Gasteiger partial charge is 0.306 e. The van der Waals surface area contributed by atoms with E-state index >= 15 is 0 Å². The van der Waals surface area contributed by atoms with Crippen molar-refractivity contribution >= 4 is 17.9 Å². The Hall–Kier alpha value is -1.59. The Morgan fingerprint density at radius 3 is 0.615 bits per heavy atom. The molecule has 0 radical (unpaired) electrons. The summed E-state index contributed by atoms with van der Waals surface area (Å²) >= 11 is 0. The molecule has 0 aliphatic rings. The predicted molar refractivity (Wildman–Crippen MR) is 280 cm³/mol. The van der Waals surface area contributed by atoms with Gasteiger partial charge in [0.2, 0.25) is 0 Å². The molecule has 0 aliphatic heterocycles. The maximum absolute atomic E-state index is 12.8. The molecule has 0 amide bonds.